The van der Waals surface area contributed by atoms with E-state index in [4.69, 9.17) is 0 Å². The molecule has 2 aromatic carbocycles. The molecule has 2 aromatic heterocycles. The number of hydrogen-bond donors (Lipinski definition) is 2. The standard InChI is InChI=1S/C19H14N4O2S/c24-12-7-5-11(6-8-12)13-9-17(25)22-18-14(13)10-20-23(18)19-21-15-3-1-2-4-16(15)26-19/h1-8,10,13,24H,9H2,(H,22,25). The fourth-order valence-corrected chi connectivity index (χ4v) is 4.25. The van der Waals surface area contributed by atoms with Gasteiger partial charge in [-0.3, -0.25) is 4.79 Å². The van der Waals surface area contributed by atoms with Crippen LogP contribution in [-0.4, -0.2) is 25.8 Å². The third kappa shape index (κ3) is 2.36. The highest BCUT2D eigenvalue weighted by Gasteiger charge is 2.31. The van der Waals surface area contributed by atoms with E-state index in [1.54, 1.807) is 23.0 Å². The summed E-state index contributed by atoms with van der Waals surface area (Å²) in [5.41, 5.74) is 2.84. The number of benzene rings is 2. The lowest BCUT2D eigenvalue weighted by Gasteiger charge is -2.23. The van der Waals surface area contributed by atoms with Crippen LogP contribution in [0.4, 0.5) is 5.82 Å². The second-order valence-electron chi connectivity index (χ2n) is 6.22. The zero-order valence-corrected chi connectivity index (χ0v) is 14.4. The van der Waals surface area contributed by atoms with E-state index >= 15 is 0 Å². The van der Waals surface area contributed by atoms with Crippen LogP contribution in [0.25, 0.3) is 15.3 Å². The van der Waals surface area contributed by atoms with Gasteiger partial charge >= 0.3 is 0 Å². The smallest absolute Gasteiger partial charge is 0.226 e. The number of aromatic hydroxyl groups is 1. The second-order valence-corrected chi connectivity index (χ2v) is 7.23. The predicted octanol–water partition coefficient (Wildman–Crippen LogP) is 3.66. The lowest BCUT2D eigenvalue weighted by Crippen LogP contribution is -2.24. The zero-order chi connectivity index (χ0) is 17.7. The molecule has 0 radical (unpaired) electrons. The normalized spacial score (nSPS) is 16.5. The number of aromatic nitrogens is 3. The van der Waals surface area contributed by atoms with Crippen molar-refractivity contribution in [3.63, 3.8) is 0 Å². The van der Waals surface area contributed by atoms with E-state index in [1.165, 1.54) is 11.3 Å². The summed E-state index contributed by atoms with van der Waals surface area (Å²) in [4.78, 5) is 16.9. The monoisotopic (exact) mass is 362 g/mol. The molecule has 0 fully saturated rings. The Morgan fingerprint density at radius 3 is 2.77 bits per heavy atom. The Bertz CT molecular complexity index is 1100. The van der Waals surface area contributed by atoms with Gasteiger partial charge in [-0.2, -0.15) is 9.78 Å². The van der Waals surface area contributed by atoms with Crippen molar-refractivity contribution in [2.75, 3.05) is 5.32 Å². The molecule has 0 aliphatic carbocycles. The summed E-state index contributed by atoms with van der Waals surface area (Å²) in [6.45, 7) is 0. The molecule has 0 saturated carbocycles. The Morgan fingerprint density at radius 1 is 1.15 bits per heavy atom. The summed E-state index contributed by atoms with van der Waals surface area (Å²) < 4.78 is 2.77. The number of phenolic OH excluding ortho intramolecular Hbond substituents is 1. The molecule has 0 bridgehead atoms. The van der Waals surface area contributed by atoms with Crippen LogP contribution < -0.4 is 5.32 Å². The fourth-order valence-electron chi connectivity index (χ4n) is 3.32. The molecule has 1 amide bonds. The summed E-state index contributed by atoms with van der Waals surface area (Å²) in [5.74, 6) is 0.721. The van der Waals surface area contributed by atoms with Crippen LogP contribution in [0.3, 0.4) is 0 Å². The molecule has 128 valence electrons. The van der Waals surface area contributed by atoms with Gasteiger partial charge in [0.15, 0.2) is 0 Å². The molecular weight excluding hydrogens is 348 g/mol. The molecule has 1 unspecified atom stereocenters. The molecule has 2 N–H and O–H groups in total. The number of anilines is 1. The number of nitrogens with zero attached hydrogens (tertiary/aromatic N) is 3. The first kappa shape index (κ1) is 15.1. The van der Waals surface area contributed by atoms with Crippen molar-refractivity contribution in [2.45, 2.75) is 12.3 Å². The van der Waals surface area contributed by atoms with Crippen LogP contribution in [0.1, 0.15) is 23.5 Å². The molecule has 26 heavy (non-hydrogen) atoms. The third-order valence-corrected chi connectivity index (χ3v) is 5.59. The number of hydrogen-bond acceptors (Lipinski definition) is 5. The molecule has 7 heteroatoms. The highest BCUT2D eigenvalue weighted by atomic mass is 32.1. The van der Waals surface area contributed by atoms with Crippen LogP contribution in [0.15, 0.2) is 54.7 Å². The first-order chi connectivity index (χ1) is 12.7. The Kier molecular flexibility index (Phi) is 3.29. The Hall–Kier alpha value is -3.19. The van der Waals surface area contributed by atoms with Crippen LogP contribution in [0.5, 0.6) is 5.75 Å². The maximum absolute atomic E-state index is 12.3. The molecule has 3 heterocycles. The summed E-state index contributed by atoms with van der Waals surface area (Å²) in [5, 5.41) is 17.7. The first-order valence-corrected chi connectivity index (χ1v) is 9.03. The minimum atomic E-state index is -0.0949. The van der Waals surface area contributed by atoms with Crippen molar-refractivity contribution in [3.05, 3.63) is 65.9 Å². The van der Waals surface area contributed by atoms with Gasteiger partial charge in [0.2, 0.25) is 11.0 Å². The third-order valence-electron chi connectivity index (χ3n) is 4.58. The fraction of sp³-hybridized carbons (Fsp3) is 0.105. The highest BCUT2D eigenvalue weighted by molar-refractivity contribution is 7.20. The van der Waals surface area contributed by atoms with Crippen molar-refractivity contribution < 1.29 is 9.90 Å². The van der Waals surface area contributed by atoms with Gasteiger partial charge < -0.3 is 10.4 Å². The number of nitrogens with one attached hydrogen (secondary N) is 1. The lowest BCUT2D eigenvalue weighted by molar-refractivity contribution is -0.116. The van der Waals surface area contributed by atoms with Gasteiger partial charge in [-0.25, -0.2) is 4.98 Å². The van der Waals surface area contributed by atoms with Crippen molar-refractivity contribution in [2.24, 2.45) is 0 Å². The second kappa shape index (κ2) is 5.67. The summed E-state index contributed by atoms with van der Waals surface area (Å²) in [6, 6.07) is 14.9. The maximum Gasteiger partial charge on any atom is 0.226 e. The predicted molar refractivity (Wildman–Crippen MR) is 99.9 cm³/mol. The largest absolute Gasteiger partial charge is 0.508 e. The van der Waals surface area contributed by atoms with Crippen molar-refractivity contribution in [1.82, 2.24) is 14.8 Å². The van der Waals surface area contributed by atoms with Crippen LogP contribution >= 0.6 is 11.3 Å². The van der Waals surface area contributed by atoms with Gasteiger partial charge in [0.25, 0.3) is 0 Å². The minimum Gasteiger partial charge on any atom is -0.508 e. The van der Waals surface area contributed by atoms with E-state index in [0.29, 0.717) is 12.2 Å². The highest BCUT2D eigenvalue weighted by Crippen LogP contribution is 2.39. The molecule has 0 spiro atoms. The van der Waals surface area contributed by atoms with Gasteiger partial charge in [-0.05, 0) is 29.8 Å². The Balaban J connectivity index is 1.63. The minimum absolute atomic E-state index is 0.0570. The number of fused-ring (bicyclic) bond motifs is 2. The average molecular weight is 362 g/mol. The van der Waals surface area contributed by atoms with Gasteiger partial charge in [0.1, 0.15) is 11.6 Å². The lowest BCUT2D eigenvalue weighted by atomic mass is 9.87. The number of thiazole rings is 1. The van der Waals surface area contributed by atoms with Crippen molar-refractivity contribution in [1.29, 1.82) is 0 Å². The molecule has 6 nitrogen and oxygen atoms in total. The zero-order valence-electron chi connectivity index (χ0n) is 13.6. The molecule has 0 saturated heterocycles. The van der Waals surface area contributed by atoms with E-state index in [9.17, 15) is 9.90 Å². The summed E-state index contributed by atoms with van der Waals surface area (Å²) in [6.07, 6.45) is 2.14. The number of carbonyl (C=O) groups is 1. The van der Waals surface area contributed by atoms with E-state index in [-0.39, 0.29) is 17.6 Å². The maximum atomic E-state index is 12.3. The van der Waals surface area contributed by atoms with Crippen LogP contribution in [0.2, 0.25) is 0 Å². The quantitative estimate of drug-likeness (QED) is 0.570. The topological polar surface area (TPSA) is 80.0 Å². The number of phenols is 1. The van der Waals surface area contributed by atoms with Crippen molar-refractivity contribution in [3.8, 4) is 10.9 Å². The van der Waals surface area contributed by atoms with E-state index < -0.39 is 0 Å². The van der Waals surface area contributed by atoms with E-state index in [1.807, 2.05) is 36.4 Å². The molecule has 1 aliphatic rings. The first-order valence-electron chi connectivity index (χ1n) is 8.22. The summed E-state index contributed by atoms with van der Waals surface area (Å²) >= 11 is 1.53. The molecule has 4 aromatic rings. The number of amides is 1. The molecule has 1 aliphatic heterocycles. The number of carbonyl (C=O) groups excluding carboxylic acids is 1. The molecule has 5 rings (SSSR count). The molecular formula is C19H14N4O2S. The van der Waals surface area contributed by atoms with Gasteiger partial charge in [0.05, 0.1) is 16.4 Å². The Labute approximate surface area is 152 Å². The SMILES string of the molecule is O=C1CC(c2ccc(O)cc2)c2cnn(-c3nc4ccccc4s3)c2N1. The molecule has 1 atom stereocenters. The van der Waals surface area contributed by atoms with Gasteiger partial charge in [-0.1, -0.05) is 35.6 Å². The van der Waals surface area contributed by atoms with Crippen molar-refractivity contribution >= 4 is 33.3 Å². The van der Waals surface area contributed by atoms with Crippen LogP contribution in [-0.2, 0) is 4.79 Å². The average Bonchev–Trinajstić information content (AvgIpc) is 3.25. The Morgan fingerprint density at radius 2 is 1.96 bits per heavy atom. The number of para-hydroxylation sites is 1. The summed E-state index contributed by atoms with van der Waals surface area (Å²) in [7, 11) is 0. The van der Waals surface area contributed by atoms with Gasteiger partial charge in [-0.15, -0.1) is 0 Å². The van der Waals surface area contributed by atoms with E-state index in [2.05, 4.69) is 15.4 Å². The van der Waals surface area contributed by atoms with E-state index in [0.717, 1.165) is 26.5 Å². The van der Waals surface area contributed by atoms with Gasteiger partial charge in [0, 0.05) is 17.9 Å². The number of rotatable bonds is 2. The van der Waals surface area contributed by atoms with Crippen LogP contribution in [0, 0.1) is 0 Å².